The predicted molar refractivity (Wildman–Crippen MR) is 85.6 cm³/mol. The summed E-state index contributed by atoms with van der Waals surface area (Å²) < 4.78 is 37.7. The van der Waals surface area contributed by atoms with Crippen molar-refractivity contribution in [2.45, 2.75) is 25.7 Å². The molecule has 1 unspecified atom stereocenters. The van der Waals surface area contributed by atoms with Crippen LogP contribution in [0.15, 0.2) is 42.6 Å². The number of rotatable bonds is 5. The number of hydrogen-bond donors (Lipinski definition) is 2. The highest BCUT2D eigenvalue weighted by molar-refractivity contribution is 6.33. The molecule has 1 heterocycles. The van der Waals surface area contributed by atoms with Crippen LogP contribution in [0.1, 0.15) is 18.1 Å². The molecule has 0 spiro atoms. The molecule has 8 heteroatoms. The first-order chi connectivity index (χ1) is 11.3. The van der Waals surface area contributed by atoms with E-state index in [0.717, 1.165) is 11.6 Å². The number of carbonyl (C=O) groups is 1. The summed E-state index contributed by atoms with van der Waals surface area (Å²) in [5, 5.41) is 5.22. The standard InChI is InChI=1S/C16H15ClF3N3O/c1-10(15(24)22-8-11-5-3-2-4-6-11)23-14-13(17)7-12(9-21-14)16(18,19)20/h2-7,9-10H,8H2,1H3,(H,21,23)(H,22,24). The van der Waals surface area contributed by atoms with E-state index in [1.165, 1.54) is 0 Å². The first-order valence-corrected chi connectivity index (χ1v) is 7.46. The second-order valence-electron chi connectivity index (χ2n) is 5.12. The molecule has 0 saturated heterocycles. The van der Waals surface area contributed by atoms with E-state index in [1.54, 1.807) is 6.92 Å². The number of alkyl halides is 3. The maximum absolute atomic E-state index is 12.6. The van der Waals surface area contributed by atoms with Crippen LogP contribution in [0.3, 0.4) is 0 Å². The lowest BCUT2D eigenvalue weighted by Gasteiger charge is -2.16. The van der Waals surface area contributed by atoms with Crippen molar-refractivity contribution in [1.29, 1.82) is 0 Å². The van der Waals surface area contributed by atoms with Crippen molar-refractivity contribution >= 4 is 23.3 Å². The van der Waals surface area contributed by atoms with Gasteiger partial charge in [0.25, 0.3) is 0 Å². The quantitative estimate of drug-likeness (QED) is 0.854. The Kier molecular flexibility index (Phi) is 5.66. The monoisotopic (exact) mass is 357 g/mol. The van der Waals surface area contributed by atoms with Crippen LogP contribution in [0.5, 0.6) is 0 Å². The first-order valence-electron chi connectivity index (χ1n) is 7.08. The molecule has 24 heavy (non-hydrogen) atoms. The molecular formula is C16H15ClF3N3O. The van der Waals surface area contributed by atoms with Crippen LogP contribution < -0.4 is 10.6 Å². The number of nitrogens with one attached hydrogen (secondary N) is 2. The van der Waals surface area contributed by atoms with E-state index in [4.69, 9.17) is 11.6 Å². The van der Waals surface area contributed by atoms with Gasteiger partial charge in [-0.2, -0.15) is 13.2 Å². The highest BCUT2D eigenvalue weighted by Gasteiger charge is 2.31. The average Bonchev–Trinajstić information content (AvgIpc) is 2.54. The van der Waals surface area contributed by atoms with Crippen molar-refractivity contribution in [1.82, 2.24) is 10.3 Å². The third-order valence-electron chi connectivity index (χ3n) is 3.22. The van der Waals surface area contributed by atoms with Crippen molar-refractivity contribution in [2.24, 2.45) is 0 Å². The third-order valence-corrected chi connectivity index (χ3v) is 3.51. The molecule has 1 aromatic carbocycles. The molecule has 0 fully saturated rings. The van der Waals surface area contributed by atoms with Crippen molar-refractivity contribution in [3.8, 4) is 0 Å². The molecule has 128 valence electrons. The maximum atomic E-state index is 12.6. The fourth-order valence-corrected chi connectivity index (χ4v) is 2.13. The number of aromatic nitrogens is 1. The van der Waals surface area contributed by atoms with Gasteiger partial charge in [0.15, 0.2) is 0 Å². The second-order valence-corrected chi connectivity index (χ2v) is 5.53. The van der Waals surface area contributed by atoms with Gasteiger partial charge in [-0.15, -0.1) is 0 Å². The van der Waals surface area contributed by atoms with Crippen molar-refractivity contribution in [3.63, 3.8) is 0 Å². The third kappa shape index (κ3) is 4.86. The minimum atomic E-state index is -4.52. The van der Waals surface area contributed by atoms with Gasteiger partial charge >= 0.3 is 6.18 Å². The fraction of sp³-hybridized carbons (Fsp3) is 0.250. The fourth-order valence-electron chi connectivity index (χ4n) is 1.91. The Morgan fingerprint density at radius 2 is 1.96 bits per heavy atom. The zero-order chi connectivity index (χ0) is 17.7. The van der Waals surface area contributed by atoms with E-state index in [2.05, 4.69) is 15.6 Å². The molecule has 4 nitrogen and oxygen atoms in total. The van der Waals surface area contributed by atoms with E-state index < -0.39 is 17.8 Å². The van der Waals surface area contributed by atoms with Crippen LogP contribution in [-0.4, -0.2) is 16.9 Å². The largest absolute Gasteiger partial charge is 0.417 e. The molecule has 2 aromatic rings. The zero-order valence-corrected chi connectivity index (χ0v) is 13.4. The van der Waals surface area contributed by atoms with Gasteiger partial charge in [0.05, 0.1) is 10.6 Å². The van der Waals surface area contributed by atoms with Crippen molar-refractivity contribution in [2.75, 3.05) is 5.32 Å². The molecule has 2 N–H and O–H groups in total. The van der Waals surface area contributed by atoms with Crippen molar-refractivity contribution in [3.05, 3.63) is 58.7 Å². The smallest absolute Gasteiger partial charge is 0.357 e. The normalized spacial score (nSPS) is 12.5. The van der Waals surface area contributed by atoms with Crippen molar-refractivity contribution < 1.29 is 18.0 Å². The van der Waals surface area contributed by atoms with Gasteiger partial charge in [-0.3, -0.25) is 4.79 Å². The lowest BCUT2D eigenvalue weighted by Crippen LogP contribution is -2.37. The van der Waals surface area contributed by atoms with Gasteiger partial charge in [0, 0.05) is 12.7 Å². The molecule has 1 aromatic heterocycles. The highest BCUT2D eigenvalue weighted by Crippen LogP contribution is 2.32. The van der Waals surface area contributed by atoms with Gasteiger partial charge in [-0.1, -0.05) is 41.9 Å². The van der Waals surface area contributed by atoms with E-state index in [9.17, 15) is 18.0 Å². The van der Waals surface area contributed by atoms with Crippen LogP contribution >= 0.6 is 11.6 Å². The SMILES string of the molecule is CC(Nc1ncc(C(F)(F)F)cc1Cl)C(=O)NCc1ccccc1. The Morgan fingerprint density at radius 1 is 1.29 bits per heavy atom. The maximum Gasteiger partial charge on any atom is 0.417 e. The summed E-state index contributed by atoms with van der Waals surface area (Å²) in [5.41, 5.74) is -0.0111. The minimum Gasteiger partial charge on any atom is -0.357 e. The summed E-state index contributed by atoms with van der Waals surface area (Å²) in [7, 11) is 0. The first kappa shape index (κ1) is 18.1. The van der Waals surface area contributed by atoms with Crippen LogP contribution in [0.4, 0.5) is 19.0 Å². The number of nitrogens with zero attached hydrogens (tertiary/aromatic N) is 1. The highest BCUT2D eigenvalue weighted by atomic mass is 35.5. The lowest BCUT2D eigenvalue weighted by atomic mass is 10.2. The molecule has 0 saturated carbocycles. The van der Waals surface area contributed by atoms with E-state index >= 15 is 0 Å². The van der Waals surface area contributed by atoms with Gasteiger partial charge in [-0.05, 0) is 18.6 Å². The Balaban J connectivity index is 1.96. The summed E-state index contributed by atoms with van der Waals surface area (Å²) in [4.78, 5) is 15.7. The van der Waals surface area contributed by atoms with E-state index in [1.807, 2.05) is 30.3 Å². The number of benzene rings is 1. The van der Waals surface area contributed by atoms with Gasteiger partial charge in [0.1, 0.15) is 11.9 Å². The predicted octanol–water partition coefficient (Wildman–Crippen LogP) is 3.87. The van der Waals surface area contributed by atoms with Gasteiger partial charge in [-0.25, -0.2) is 4.98 Å². The lowest BCUT2D eigenvalue weighted by molar-refractivity contribution is -0.137. The molecule has 0 aliphatic carbocycles. The molecule has 1 atom stereocenters. The Hall–Kier alpha value is -2.28. The van der Waals surface area contributed by atoms with E-state index in [0.29, 0.717) is 12.7 Å². The number of amides is 1. The Morgan fingerprint density at radius 3 is 2.54 bits per heavy atom. The molecule has 0 aliphatic rings. The summed E-state index contributed by atoms with van der Waals surface area (Å²) in [6.07, 6.45) is -3.85. The van der Waals surface area contributed by atoms with E-state index in [-0.39, 0.29) is 16.7 Å². The summed E-state index contributed by atoms with van der Waals surface area (Å²) in [6, 6.07) is 9.37. The van der Waals surface area contributed by atoms with Crippen LogP contribution in [0, 0.1) is 0 Å². The molecule has 0 aliphatic heterocycles. The van der Waals surface area contributed by atoms with Gasteiger partial charge in [0.2, 0.25) is 5.91 Å². The van der Waals surface area contributed by atoms with Gasteiger partial charge < -0.3 is 10.6 Å². The molecule has 1 amide bonds. The summed E-state index contributed by atoms with van der Waals surface area (Å²) >= 11 is 5.80. The number of carbonyl (C=O) groups excluding carboxylic acids is 1. The van der Waals surface area contributed by atoms with Crippen LogP contribution in [0.2, 0.25) is 5.02 Å². The Labute approximate surface area is 142 Å². The summed E-state index contributed by atoms with van der Waals surface area (Å²) in [6.45, 7) is 1.91. The zero-order valence-electron chi connectivity index (χ0n) is 12.7. The number of anilines is 1. The average molecular weight is 358 g/mol. The molecular weight excluding hydrogens is 343 g/mol. The molecule has 0 radical (unpaired) electrons. The number of halogens is 4. The Bertz CT molecular complexity index is 707. The number of pyridine rings is 1. The minimum absolute atomic E-state index is 0.0204. The second kappa shape index (κ2) is 7.53. The van der Waals surface area contributed by atoms with Crippen LogP contribution in [-0.2, 0) is 17.5 Å². The van der Waals surface area contributed by atoms with Crippen LogP contribution in [0.25, 0.3) is 0 Å². The molecule has 0 bridgehead atoms. The topological polar surface area (TPSA) is 54.0 Å². The molecule has 2 rings (SSSR count). The number of hydrogen-bond acceptors (Lipinski definition) is 3. The summed E-state index contributed by atoms with van der Waals surface area (Å²) in [5.74, 6) is -0.302.